The minimum Gasteiger partial charge on any atom is -0.481 e. The number of carboxylic acids is 1. The highest BCUT2D eigenvalue weighted by atomic mass is 16.5. The summed E-state index contributed by atoms with van der Waals surface area (Å²) >= 11 is 0. The Hall–Kier alpha value is -1.35. The molecule has 0 saturated heterocycles. The second-order valence-electron chi connectivity index (χ2n) is 5.52. The van der Waals surface area contributed by atoms with Gasteiger partial charge in [-0.2, -0.15) is 0 Å². The van der Waals surface area contributed by atoms with Crippen LogP contribution in [0.5, 0.6) is 0 Å². The van der Waals surface area contributed by atoms with Gasteiger partial charge in [-0.25, -0.2) is 0 Å². The number of hydrogen-bond acceptors (Lipinski definition) is 2. The molecule has 0 aromatic heterocycles. The Kier molecular flexibility index (Phi) is 4.75. The van der Waals surface area contributed by atoms with Crippen molar-refractivity contribution in [1.29, 1.82) is 0 Å². The first-order valence-corrected chi connectivity index (χ1v) is 6.56. The van der Waals surface area contributed by atoms with Gasteiger partial charge in [0.15, 0.2) is 0 Å². The van der Waals surface area contributed by atoms with Gasteiger partial charge in [-0.15, -0.1) is 0 Å². The fraction of sp³-hybridized carbons (Fsp3) is 0.562. The molecule has 19 heavy (non-hydrogen) atoms. The van der Waals surface area contributed by atoms with Crippen LogP contribution in [0.4, 0.5) is 0 Å². The molecule has 1 atom stereocenters. The summed E-state index contributed by atoms with van der Waals surface area (Å²) in [5.41, 5.74) is 4.47. The highest BCUT2D eigenvalue weighted by Gasteiger charge is 2.38. The second kappa shape index (κ2) is 5.74. The maximum Gasteiger partial charge on any atom is 0.313 e. The van der Waals surface area contributed by atoms with Crippen molar-refractivity contribution in [2.75, 3.05) is 13.7 Å². The molecule has 3 heteroatoms. The van der Waals surface area contributed by atoms with Crippen LogP contribution in [0.2, 0.25) is 0 Å². The molecule has 0 aliphatic heterocycles. The third kappa shape index (κ3) is 2.81. The van der Waals surface area contributed by atoms with Gasteiger partial charge in [0, 0.05) is 13.7 Å². The molecule has 0 radical (unpaired) electrons. The van der Waals surface area contributed by atoms with Crippen molar-refractivity contribution in [3.63, 3.8) is 0 Å². The molecule has 0 saturated carbocycles. The van der Waals surface area contributed by atoms with Gasteiger partial charge in [-0.3, -0.25) is 4.79 Å². The topological polar surface area (TPSA) is 46.5 Å². The zero-order valence-electron chi connectivity index (χ0n) is 12.8. The molecule has 0 aliphatic rings. The van der Waals surface area contributed by atoms with Crippen LogP contribution in [0.1, 0.15) is 41.2 Å². The Morgan fingerprint density at radius 3 is 2.05 bits per heavy atom. The number of aliphatic carboxylic acids is 1. The van der Waals surface area contributed by atoms with E-state index < -0.39 is 11.4 Å². The zero-order valence-corrected chi connectivity index (χ0v) is 12.8. The van der Waals surface area contributed by atoms with Gasteiger partial charge in [0.1, 0.15) is 0 Å². The lowest BCUT2D eigenvalue weighted by Crippen LogP contribution is -2.35. The normalized spacial score (nSPS) is 14.2. The molecule has 0 bridgehead atoms. The monoisotopic (exact) mass is 264 g/mol. The summed E-state index contributed by atoms with van der Waals surface area (Å²) in [7, 11) is 1.60. The first kappa shape index (κ1) is 15.7. The lowest BCUT2D eigenvalue weighted by Gasteiger charge is -2.30. The lowest BCUT2D eigenvalue weighted by atomic mass is 9.73. The van der Waals surface area contributed by atoms with Gasteiger partial charge in [0.05, 0.1) is 5.41 Å². The van der Waals surface area contributed by atoms with Gasteiger partial charge in [-0.1, -0.05) is 6.07 Å². The highest BCUT2D eigenvalue weighted by molar-refractivity contribution is 5.82. The summed E-state index contributed by atoms with van der Waals surface area (Å²) < 4.78 is 5.09. The number of ether oxygens (including phenoxy) is 1. The Bertz CT molecular complexity index is 465. The van der Waals surface area contributed by atoms with Crippen molar-refractivity contribution in [2.24, 2.45) is 0 Å². The molecule has 0 amide bonds. The van der Waals surface area contributed by atoms with Crippen LogP contribution in [0.3, 0.4) is 0 Å². The van der Waals surface area contributed by atoms with Crippen molar-refractivity contribution < 1.29 is 14.6 Å². The Morgan fingerprint density at radius 2 is 1.68 bits per heavy atom. The number of benzene rings is 1. The molecule has 1 aromatic rings. The summed E-state index contributed by atoms with van der Waals surface area (Å²) in [6.45, 7) is 10.3. The number of carboxylic acid groups (broad SMARTS) is 1. The molecule has 106 valence electrons. The fourth-order valence-electron chi connectivity index (χ4n) is 2.69. The van der Waals surface area contributed by atoms with Crippen LogP contribution in [0.25, 0.3) is 0 Å². The Balaban J connectivity index is 3.51. The van der Waals surface area contributed by atoms with E-state index in [2.05, 4.69) is 6.07 Å². The number of hydrogen-bond donors (Lipinski definition) is 1. The molecule has 0 spiro atoms. The Labute approximate surface area is 115 Å². The summed E-state index contributed by atoms with van der Waals surface area (Å²) in [4.78, 5) is 11.8. The second-order valence-corrected chi connectivity index (χ2v) is 5.52. The van der Waals surface area contributed by atoms with Gasteiger partial charge in [0.25, 0.3) is 0 Å². The van der Waals surface area contributed by atoms with E-state index >= 15 is 0 Å². The van der Waals surface area contributed by atoms with E-state index in [0.717, 1.165) is 27.8 Å². The molecular formula is C16H24O3. The van der Waals surface area contributed by atoms with E-state index in [9.17, 15) is 9.90 Å². The number of carbonyl (C=O) groups is 1. The van der Waals surface area contributed by atoms with Crippen molar-refractivity contribution in [3.05, 3.63) is 33.9 Å². The maximum absolute atomic E-state index is 11.8. The predicted molar refractivity (Wildman–Crippen MR) is 76.9 cm³/mol. The number of methoxy groups -OCH3 is 1. The molecule has 1 rings (SSSR count). The fourth-order valence-corrected chi connectivity index (χ4v) is 2.69. The summed E-state index contributed by atoms with van der Waals surface area (Å²) in [5, 5.41) is 9.69. The molecular weight excluding hydrogens is 240 g/mol. The molecule has 0 heterocycles. The number of rotatable bonds is 5. The van der Waals surface area contributed by atoms with Gasteiger partial charge >= 0.3 is 5.97 Å². The number of aryl methyl sites for hydroxylation is 2. The van der Waals surface area contributed by atoms with E-state index in [1.807, 2.05) is 27.7 Å². The third-order valence-corrected chi connectivity index (χ3v) is 4.20. The SMILES string of the molecule is COCCC(C)(C(=O)O)c1c(C)c(C)cc(C)c1C. The van der Waals surface area contributed by atoms with Gasteiger partial charge in [0.2, 0.25) is 0 Å². The standard InChI is InChI=1S/C16H24O3/c1-10-9-11(2)13(4)14(12(10)3)16(5,15(17)18)7-8-19-6/h9H,7-8H2,1-6H3,(H,17,18). The molecule has 3 nitrogen and oxygen atoms in total. The van der Waals surface area contributed by atoms with Crippen LogP contribution in [0, 0.1) is 27.7 Å². The average Bonchev–Trinajstić information content (AvgIpc) is 2.34. The summed E-state index contributed by atoms with van der Waals surface area (Å²) in [5.74, 6) is -0.791. The van der Waals surface area contributed by atoms with E-state index in [4.69, 9.17) is 4.74 Å². The van der Waals surface area contributed by atoms with Crippen LogP contribution in [-0.4, -0.2) is 24.8 Å². The first-order valence-electron chi connectivity index (χ1n) is 6.56. The van der Waals surface area contributed by atoms with Gasteiger partial charge in [-0.05, 0) is 68.9 Å². The average molecular weight is 264 g/mol. The lowest BCUT2D eigenvalue weighted by molar-refractivity contribution is -0.144. The predicted octanol–water partition coefficient (Wildman–Crippen LogP) is 3.30. The maximum atomic E-state index is 11.8. The van der Waals surface area contributed by atoms with Crippen LogP contribution < -0.4 is 0 Å². The third-order valence-electron chi connectivity index (χ3n) is 4.20. The van der Waals surface area contributed by atoms with Crippen molar-refractivity contribution in [2.45, 2.75) is 46.5 Å². The first-order chi connectivity index (χ1) is 8.75. The van der Waals surface area contributed by atoms with Crippen LogP contribution in [-0.2, 0) is 14.9 Å². The zero-order chi connectivity index (χ0) is 14.8. The van der Waals surface area contributed by atoms with Crippen LogP contribution in [0.15, 0.2) is 6.07 Å². The van der Waals surface area contributed by atoms with Crippen molar-refractivity contribution >= 4 is 5.97 Å². The minimum atomic E-state index is -0.902. The van der Waals surface area contributed by atoms with E-state index in [1.165, 1.54) is 0 Å². The Morgan fingerprint density at radius 1 is 1.21 bits per heavy atom. The molecule has 1 unspecified atom stereocenters. The van der Waals surface area contributed by atoms with E-state index in [-0.39, 0.29) is 0 Å². The van der Waals surface area contributed by atoms with Crippen molar-refractivity contribution in [3.8, 4) is 0 Å². The largest absolute Gasteiger partial charge is 0.481 e. The molecule has 1 aromatic carbocycles. The molecule has 0 fully saturated rings. The summed E-state index contributed by atoms with van der Waals surface area (Å²) in [6.07, 6.45) is 0.476. The van der Waals surface area contributed by atoms with E-state index in [1.54, 1.807) is 14.0 Å². The highest BCUT2D eigenvalue weighted by Crippen LogP contribution is 2.36. The quantitative estimate of drug-likeness (QED) is 0.887. The van der Waals surface area contributed by atoms with Gasteiger partial charge < -0.3 is 9.84 Å². The molecule has 0 aliphatic carbocycles. The van der Waals surface area contributed by atoms with Crippen molar-refractivity contribution in [1.82, 2.24) is 0 Å². The minimum absolute atomic E-state index is 0.439. The van der Waals surface area contributed by atoms with E-state index in [0.29, 0.717) is 13.0 Å². The molecule has 1 N–H and O–H groups in total. The van der Waals surface area contributed by atoms with Crippen LogP contribution >= 0.6 is 0 Å². The summed E-state index contributed by atoms with van der Waals surface area (Å²) in [6, 6.07) is 2.12. The smallest absolute Gasteiger partial charge is 0.313 e.